The summed E-state index contributed by atoms with van der Waals surface area (Å²) in [5, 5.41) is 5.66. The van der Waals surface area contributed by atoms with Gasteiger partial charge in [-0.15, -0.1) is 11.3 Å². The number of rotatable bonds is 6. The van der Waals surface area contributed by atoms with Crippen LogP contribution in [0.25, 0.3) is 11.3 Å². The maximum Gasteiger partial charge on any atom is 0.251 e. The van der Waals surface area contributed by atoms with E-state index in [-0.39, 0.29) is 5.91 Å². The molecule has 0 aliphatic heterocycles. The Morgan fingerprint density at radius 1 is 1.12 bits per heavy atom. The molecule has 3 aromatic rings. The van der Waals surface area contributed by atoms with E-state index in [0.717, 1.165) is 16.3 Å². The van der Waals surface area contributed by atoms with Gasteiger partial charge in [0.25, 0.3) is 5.91 Å². The number of aromatic nitrogens is 2. The number of amides is 1. The minimum atomic E-state index is -0.210. The molecule has 1 amide bonds. The van der Waals surface area contributed by atoms with Gasteiger partial charge in [-0.05, 0) is 24.3 Å². The number of thiazole rings is 1. The fraction of sp³-hybridized carbons (Fsp3) is 0.167. The normalized spacial score (nSPS) is 10.3. The van der Waals surface area contributed by atoms with E-state index in [2.05, 4.69) is 15.3 Å². The highest BCUT2D eigenvalue weighted by molar-refractivity contribution is 7.09. The van der Waals surface area contributed by atoms with Crippen molar-refractivity contribution in [1.82, 2.24) is 15.3 Å². The summed E-state index contributed by atoms with van der Waals surface area (Å²) in [5.41, 5.74) is 2.35. The Balaban J connectivity index is 1.68. The van der Waals surface area contributed by atoms with Crippen molar-refractivity contribution in [3.63, 3.8) is 0 Å². The van der Waals surface area contributed by atoms with Crippen LogP contribution in [0.2, 0.25) is 0 Å². The van der Waals surface area contributed by atoms with Crippen molar-refractivity contribution in [2.24, 2.45) is 0 Å². The lowest BCUT2D eigenvalue weighted by atomic mass is 10.2. The summed E-state index contributed by atoms with van der Waals surface area (Å²) in [6.45, 7) is 0.355. The summed E-state index contributed by atoms with van der Waals surface area (Å²) in [6, 6.07) is 8.86. The molecule has 25 heavy (non-hydrogen) atoms. The zero-order valence-electron chi connectivity index (χ0n) is 13.9. The van der Waals surface area contributed by atoms with Crippen molar-refractivity contribution in [2.45, 2.75) is 6.54 Å². The number of benzene rings is 1. The van der Waals surface area contributed by atoms with Gasteiger partial charge < -0.3 is 14.8 Å². The Kier molecular flexibility index (Phi) is 5.25. The van der Waals surface area contributed by atoms with Gasteiger partial charge in [0.1, 0.15) is 16.5 Å². The van der Waals surface area contributed by atoms with E-state index in [4.69, 9.17) is 9.47 Å². The van der Waals surface area contributed by atoms with Gasteiger partial charge in [0.05, 0.1) is 26.5 Å². The van der Waals surface area contributed by atoms with Crippen LogP contribution in [0.1, 0.15) is 15.4 Å². The lowest BCUT2D eigenvalue weighted by molar-refractivity contribution is 0.0950. The number of ether oxygens (including phenoxy) is 2. The molecule has 0 spiro atoms. The quantitative estimate of drug-likeness (QED) is 0.735. The van der Waals surface area contributed by atoms with E-state index in [1.165, 1.54) is 11.3 Å². The van der Waals surface area contributed by atoms with Crippen LogP contribution in [-0.4, -0.2) is 30.1 Å². The number of carbonyl (C=O) groups excluding carboxylic acids is 1. The summed E-state index contributed by atoms with van der Waals surface area (Å²) in [5.74, 6) is 0.926. The molecule has 0 radical (unpaired) electrons. The van der Waals surface area contributed by atoms with E-state index in [9.17, 15) is 4.79 Å². The molecule has 128 valence electrons. The Morgan fingerprint density at radius 2 is 1.80 bits per heavy atom. The number of hydrogen-bond donors (Lipinski definition) is 1. The van der Waals surface area contributed by atoms with Crippen molar-refractivity contribution in [3.05, 3.63) is 58.7 Å². The van der Waals surface area contributed by atoms with Crippen LogP contribution in [0.5, 0.6) is 11.5 Å². The Hall–Kier alpha value is -2.93. The SMILES string of the molecule is COc1cc(OC)cc(C(=O)NCc2nc(-c3ccncc3)cs2)c1. The zero-order chi connectivity index (χ0) is 17.6. The average molecular weight is 355 g/mol. The van der Waals surface area contributed by atoms with Crippen LogP contribution >= 0.6 is 11.3 Å². The number of hydrogen-bond acceptors (Lipinski definition) is 6. The molecule has 7 heteroatoms. The summed E-state index contributed by atoms with van der Waals surface area (Å²) in [6.07, 6.45) is 3.46. The molecule has 3 rings (SSSR count). The molecular formula is C18H17N3O3S. The number of nitrogens with one attached hydrogen (secondary N) is 1. The second-order valence-electron chi connectivity index (χ2n) is 5.15. The third-order valence-electron chi connectivity index (χ3n) is 3.54. The first-order valence-corrected chi connectivity index (χ1v) is 8.43. The number of methoxy groups -OCH3 is 2. The smallest absolute Gasteiger partial charge is 0.251 e. The van der Waals surface area contributed by atoms with Crippen LogP contribution in [0.3, 0.4) is 0 Å². The first-order valence-electron chi connectivity index (χ1n) is 7.55. The monoisotopic (exact) mass is 355 g/mol. The van der Waals surface area contributed by atoms with Gasteiger partial charge in [0.15, 0.2) is 0 Å². The van der Waals surface area contributed by atoms with E-state index < -0.39 is 0 Å². The highest BCUT2D eigenvalue weighted by atomic mass is 32.1. The van der Waals surface area contributed by atoms with Gasteiger partial charge in [-0.25, -0.2) is 4.98 Å². The molecule has 0 saturated carbocycles. The molecule has 0 unspecified atom stereocenters. The van der Waals surface area contributed by atoms with E-state index >= 15 is 0 Å². The Labute approximate surface area is 149 Å². The molecule has 0 atom stereocenters. The lowest BCUT2D eigenvalue weighted by Gasteiger charge is -2.08. The minimum absolute atomic E-state index is 0.210. The highest BCUT2D eigenvalue weighted by Gasteiger charge is 2.11. The summed E-state index contributed by atoms with van der Waals surface area (Å²) in [7, 11) is 3.10. The summed E-state index contributed by atoms with van der Waals surface area (Å²) >= 11 is 1.50. The molecule has 6 nitrogen and oxygen atoms in total. The molecule has 0 saturated heterocycles. The lowest BCUT2D eigenvalue weighted by Crippen LogP contribution is -2.22. The maximum absolute atomic E-state index is 12.4. The fourth-order valence-electron chi connectivity index (χ4n) is 2.24. The second kappa shape index (κ2) is 7.76. The molecule has 2 heterocycles. The second-order valence-corrected chi connectivity index (χ2v) is 6.09. The molecule has 0 fully saturated rings. The van der Waals surface area contributed by atoms with Crippen molar-refractivity contribution in [2.75, 3.05) is 14.2 Å². The van der Waals surface area contributed by atoms with Crippen LogP contribution in [0.15, 0.2) is 48.1 Å². The standard InChI is InChI=1S/C18H17N3O3S/c1-23-14-7-13(8-15(9-14)24-2)18(22)20-10-17-21-16(11-25-17)12-3-5-19-6-4-12/h3-9,11H,10H2,1-2H3,(H,20,22). The number of carbonyl (C=O) groups is 1. The minimum Gasteiger partial charge on any atom is -0.497 e. The van der Waals surface area contributed by atoms with Gasteiger partial charge in [0, 0.05) is 35.0 Å². The van der Waals surface area contributed by atoms with Gasteiger partial charge >= 0.3 is 0 Å². The topological polar surface area (TPSA) is 73.3 Å². The van der Waals surface area contributed by atoms with Crippen LogP contribution in [0, 0.1) is 0 Å². The first kappa shape index (κ1) is 16.9. The molecule has 0 aliphatic carbocycles. The third-order valence-corrected chi connectivity index (χ3v) is 4.39. The van der Waals surface area contributed by atoms with Gasteiger partial charge in [0.2, 0.25) is 0 Å². The summed E-state index contributed by atoms with van der Waals surface area (Å²) in [4.78, 5) is 20.9. The fourth-order valence-corrected chi connectivity index (χ4v) is 2.99. The molecule has 0 aliphatic rings. The van der Waals surface area contributed by atoms with Crippen LogP contribution < -0.4 is 14.8 Å². The summed E-state index contributed by atoms with van der Waals surface area (Å²) < 4.78 is 10.4. The number of pyridine rings is 1. The van der Waals surface area contributed by atoms with Crippen molar-refractivity contribution in [1.29, 1.82) is 0 Å². The highest BCUT2D eigenvalue weighted by Crippen LogP contribution is 2.23. The Bertz CT molecular complexity index is 843. The van der Waals surface area contributed by atoms with E-state index in [1.807, 2.05) is 17.5 Å². The zero-order valence-corrected chi connectivity index (χ0v) is 14.7. The van der Waals surface area contributed by atoms with Crippen molar-refractivity contribution < 1.29 is 14.3 Å². The number of nitrogens with zero attached hydrogens (tertiary/aromatic N) is 2. The largest absolute Gasteiger partial charge is 0.497 e. The maximum atomic E-state index is 12.4. The molecule has 1 aromatic carbocycles. The van der Waals surface area contributed by atoms with Gasteiger partial charge in [-0.1, -0.05) is 0 Å². The van der Waals surface area contributed by atoms with Gasteiger partial charge in [-0.3, -0.25) is 9.78 Å². The van der Waals surface area contributed by atoms with Crippen molar-refractivity contribution >= 4 is 17.2 Å². The molecule has 1 N–H and O–H groups in total. The predicted octanol–water partition coefficient (Wildman–Crippen LogP) is 3.15. The van der Waals surface area contributed by atoms with E-state index in [0.29, 0.717) is 23.6 Å². The van der Waals surface area contributed by atoms with Gasteiger partial charge in [-0.2, -0.15) is 0 Å². The third kappa shape index (κ3) is 4.13. The van der Waals surface area contributed by atoms with Crippen LogP contribution in [-0.2, 0) is 6.54 Å². The first-order chi connectivity index (χ1) is 12.2. The molecule has 2 aromatic heterocycles. The molecular weight excluding hydrogens is 338 g/mol. The van der Waals surface area contributed by atoms with E-state index in [1.54, 1.807) is 44.8 Å². The van der Waals surface area contributed by atoms with Crippen LogP contribution in [0.4, 0.5) is 0 Å². The predicted molar refractivity (Wildman–Crippen MR) is 96.1 cm³/mol. The Morgan fingerprint density at radius 3 is 2.44 bits per heavy atom. The molecule has 0 bridgehead atoms. The average Bonchev–Trinajstić information content (AvgIpc) is 3.15. The van der Waals surface area contributed by atoms with Crippen molar-refractivity contribution in [3.8, 4) is 22.8 Å².